The highest BCUT2D eigenvalue weighted by Gasteiger charge is 2.23. The number of nitrogens with one attached hydrogen (secondary N) is 1. The van der Waals surface area contributed by atoms with Crippen molar-refractivity contribution in [2.45, 2.75) is 38.8 Å². The number of aromatic nitrogens is 5. The van der Waals surface area contributed by atoms with Crippen molar-refractivity contribution < 1.29 is 0 Å². The fraction of sp³-hybridized carbons (Fsp3) is 0.615. The number of piperidine rings is 1. The van der Waals surface area contributed by atoms with E-state index in [1.54, 1.807) is 6.33 Å². The summed E-state index contributed by atoms with van der Waals surface area (Å²) in [7, 11) is 0. The summed E-state index contributed by atoms with van der Waals surface area (Å²) in [5.41, 5.74) is 0. The topological polar surface area (TPSA) is 62.6 Å². The van der Waals surface area contributed by atoms with Gasteiger partial charge in [0, 0.05) is 24.9 Å². The van der Waals surface area contributed by atoms with Crippen LogP contribution in [0.5, 0.6) is 0 Å². The average Bonchev–Trinajstić information content (AvgIpc) is 3.10. The van der Waals surface area contributed by atoms with Crippen molar-refractivity contribution in [3.05, 3.63) is 30.4 Å². The van der Waals surface area contributed by atoms with Crippen LogP contribution in [0.4, 0.5) is 0 Å². The van der Waals surface area contributed by atoms with Crippen molar-refractivity contribution in [2.75, 3.05) is 13.1 Å². The average molecular weight is 260 g/mol. The number of aromatic amines is 1. The van der Waals surface area contributed by atoms with E-state index in [1.807, 2.05) is 6.20 Å². The fourth-order valence-corrected chi connectivity index (χ4v) is 2.76. The SMILES string of the molecule is CCn1ccnc1CN1CCC(c2ncn[nH]2)CC1. The largest absolute Gasteiger partial charge is 0.334 e. The molecule has 0 aromatic carbocycles. The number of imidazole rings is 1. The molecule has 6 heteroatoms. The van der Waals surface area contributed by atoms with Crippen LogP contribution in [0.3, 0.4) is 0 Å². The van der Waals surface area contributed by atoms with Gasteiger partial charge in [0.25, 0.3) is 0 Å². The smallest absolute Gasteiger partial charge is 0.137 e. The molecule has 0 atom stereocenters. The molecule has 2 aromatic rings. The second-order valence-corrected chi connectivity index (χ2v) is 5.05. The Morgan fingerprint density at radius 3 is 2.84 bits per heavy atom. The van der Waals surface area contributed by atoms with Crippen LogP contribution in [0.25, 0.3) is 0 Å². The van der Waals surface area contributed by atoms with Crippen LogP contribution in [0, 0.1) is 0 Å². The molecule has 1 saturated heterocycles. The third kappa shape index (κ3) is 2.68. The van der Waals surface area contributed by atoms with Crippen LogP contribution >= 0.6 is 0 Å². The summed E-state index contributed by atoms with van der Waals surface area (Å²) in [4.78, 5) is 11.2. The van der Waals surface area contributed by atoms with Crippen LogP contribution in [-0.2, 0) is 13.1 Å². The van der Waals surface area contributed by atoms with Crippen LogP contribution in [0.1, 0.15) is 37.3 Å². The summed E-state index contributed by atoms with van der Waals surface area (Å²) in [6, 6.07) is 0. The standard InChI is InChI=1S/C13H20N6/c1-2-19-8-5-14-12(19)9-18-6-3-11(4-7-18)13-15-10-16-17-13/h5,8,10-11H,2-4,6-7,9H2,1H3,(H,15,16,17). The quantitative estimate of drug-likeness (QED) is 0.902. The fourth-order valence-electron chi connectivity index (χ4n) is 2.76. The van der Waals surface area contributed by atoms with E-state index in [0.29, 0.717) is 5.92 Å². The van der Waals surface area contributed by atoms with Gasteiger partial charge in [-0.3, -0.25) is 10.00 Å². The van der Waals surface area contributed by atoms with E-state index < -0.39 is 0 Å². The zero-order valence-corrected chi connectivity index (χ0v) is 11.3. The minimum absolute atomic E-state index is 0.532. The summed E-state index contributed by atoms with van der Waals surface area (Å²) in [5, 5.41) is 6.93. The minimum atomic E-state index is 0.532. The van der Waals surface area contributed by atoms with E-state index in [-0.39, 0.29) is 0 Å². The van der Waals surface area contributed by atoms with Gasteiger partial charge >= 0.3 is 0 Å². The highest BCUT2D eigenvalue weighted by Crippen LogP contribution is 2.25. The molecule has 1 aliphatic heterocycles. The van der Waals surface area contributed by atoms with E-state index in [2.05, 4.69) is 42.8 Å². The molecule has 3 heterocycles. The lowest BCUT2D eigenvalue weighted by Gasteiger charge is -2.30. The van der Waals surface area contributed by atoms with Crippen LogP contribution in [0.15, 0.2) is 18.7 Å². The summed E-state index contributed by atoms with van der Waals surface area (Å²) in [6.45, 7) is 6.29. The predicted molar refractivity (Wildman–Crippen MR) is 71.5 cm³/mol. The third-order valence-corrected chi connectivity index (χ3v) is 3.92. The zero-order valence-electron chi connectivity index (χ0n) is 11.3. The van der Waals surface area contributed by atoms with Gasteiger partial charge < -0.3 is 4.57 Å². The number of nitrogens with zero attached hydrogens (tertiary/aromatic N) is 5. The van der Waals surface area contributed by atoms with Crippen molar-refractivity contribution in [1.29, 1.82) is 0 Å². The summed E-state index contributed by atoms with van der Waals surface area (Å²) >= 11 is 0. The van der Waals surface area contributed by atoms with Crippen LogP contribution < -0.4 is 0 Å². The number of H-pyrrole nitrogens is 1. The van der Waals surface area contributed by atoms with Crippen molar-refractivity contribution >= 4 is 0 Å². The van der Waals surface area contributed by atoms with Gasteiger partial charge in [-0.05, 0) is 32.9 Å². The molecular formula is C13H20N6. The molecule has 19 heavy (non-hydrogen) atoms. The molecule has 0 unspecified atom stereocenters. The Balaban J connectivity index is 1.56. The van der Waals surface area contributed by atoms with E-state index in [0.717, 1.165) is 44.8 Å². The molecule has 0 spiro atoms. The summed E-state index contributed by atoms with van der Waals surface area (Å²) in [5.74, 6) is 2.74. The maximum Gasteiger partial charge on any atom is 0.137 e. The van der Waals surface area contributed by atoms with E-state index in [9.17, 15) is 0 Å². The Morgan fingerprint density at radius 2 is 2.16 bits per heavy atom. The maximum atomic E-state index is 4.44. The Kier molecular flexibility index (Phi) is 3.59. The molecule has 0 radical (unpaired) electrons. The molecular weight excluding hydrogens is 240 g/mol. The Bertz CT molecular complexity index is 495. The second kappa shape index (κ2) is 5.52. The number of hydrogen-bond donors (Lipinski definition) is 1. The van der Waals surface area contributed by atoms with E-state index >= 15 is 0 Å². The Morgan fingerprint density at radius 1 is 1.32 bits per heavy atom. The number of hydrogen-bond acceptors (Lipinski definition) is 4. The molecule has 102 valence electrons. The molecule has 6 nitrogen and oxygen atoms in total. The first kappa shape index (κ1) is 12.3. The van der Waals surface area contributed by atoms with Crippen molar-refractivity contribution in [3.8, 4) is 0 Å². The molecule has 0 bridgehead atoms. The molecule has 3 rings (SSSR count). The lowest BCUT2D eigenvalue weighted by atomic mass is 9.96. The second-order valence-electron chi connectivity index (χ2n) is 5.05. The normalized spacial score (nSPS) is 17.9. The van der Waals surface area contributed by atoms with Gasteiger partial charge in [-0.1, -0.05) is 0 Å². The van der Waals surface area contributed by atoms with Crippen molar-refractivity contribution in [1.82, 2.24) is 29.6 Å². The first-order valence-corrected chi connectivity index (χ1v) is 6.94. The number of likely N-dealkylation sites (tertiary alicyclic amines) is 1. The van der Waals surface area contributed by atoms with Gasteiger partial charge in [0.15, 0.2) is 0 Å². The summed E-state index contributed by atoms with van der Waals surface area (Å²) in [6.07, 6.45) is 7.82. The first-order chi connectivity index (χ1) is 9.36. The molecule has 0 saturated carbocycles. The Labute approximate surface area is 112 Å². The lowest BCUT2D eigenvalue weighted by molar-refractivity contribution is 0.195. The van der Waals surface area contributed by atoms with E-state index in [1.165, 1.54) is 5.82 Å². The highest BCUT2D eigenvalue weighted by molar-refractivity contribution is 4.97. The van der Waals surface area contributed by atoms with Crippen LogP contribution in [0.2, 0.25) is 0 Å². The molecule has 2 aromatic heterocycles. The first-order valence-electron chi connectivity index (χ1n) is 6.94. The molecule has 0 aliphatic carbocycles. The summed E-state index contributed by atoms with van der Waals surface area (Å²) < 4.78 is 2.21. The van der Waals surface area contributed by atoms with Crippen molar-refractivity contribution in [3.63, 3.8) is 0 Å². The van der Waals surface area contributed by atoms with Gasteiger partial charge in [-0.2, -0.15) is 5.10 Å². The van der Waals surface area contributed by atoms with Gasteiger partial charge in [-0.15, -0.1) is 0 Å². The number of rotatable bonds is 4. The predicted octanol–water partition coefficient (Wildman–Crippen LogP) is 1.40. The monoisotopic (exact) mass is 260 g/mol. The van der Waals surface area contributed by atoms with Gasteiger partial charge in [0.1, 0.15) is 18.0 Å². The zero-order chi connectivity index (χ0) is 13.1. The van der Waals surface area contributed by atoms with Crippen LogP contribution in [-0.4, -0.2) is 42.7 Å². The maximum absolute atomic E-state index is 4.44. The van der Waals surface area contributed by atoms with Crippen molar-refractivity contribution in [2.24, 2.45) is 0 Å². The molecule has 0 amide bonds. The van der Waals surface area contributed by atoms with Gasteiger partial charge in [0.05, 0.1) is 6.54 Å². The molecule has 1 fully saturated rings. The minimum Gasteiger partial charge on any atom is -0.334 e. The third-order valence-electron chi connectivity index (χ3n) is 3.92. The number of aryl methyl sites for hydroxylation is 1. The highest BCUT2D eigenvalue weighted by atomic mass is 15.2. The molecule has 1 N–H and O–H groups in total. The Hall–Kier alpha value is -1.69. The van der Waals surface area contributed by atoms with Gasteiger partial charge in [0.2, 0.25) is 0 Å². The van der Waals surface area contributed by atoms with Gasteiger partial charge in [-0.25, -0.2) is 9.97 Å². The van der Waals surface area contributed by atoms with E-state index in [4.69, 9.17) is 0 Å². The molecule has 1 aliphatic rings. The lowest BCUT2D eigenvalue weighted by Crippen LogP contribution is -2.33.